The lowest BCUT2D eigenvalue weighted by molar-refractivity contribution is -0.140. The number of carbonyl (C=O) groups is 2. The van der Waals surface area contributed by atoms with E-state index in [9.17, 15) is 9.59 Å². The first-order valence-corrected chi connectivity index (χ1v) is 14.2. The summed E-state index contributed by atoms with van der Waals surface area (Å²) in [6, 6.07) is 28.1. The van der Waals surface area contributed by atoms with Crippen molar-refractivity contribution in [2.45, 2.75) is 57.4 Å². The predicted molar refractivity (Wildman–Crippen MR) is 156 cm³/mol. The van der Waals surface area contributed by atoms with Crippen molar-refractivity contribution >= 4 is 11.9 Å². The molecule has 1 aliphatic heterocycles. The van der Waals surface area contributed by atoms with Crippen LogP contribution in [0.4, 0.5) is 0 Å². The van der Waals surface area contributed by atoms with Gasteiger partial charge in [-0.15, -0.1) is 0 Å². The Kier molecular flexibility index (Phi) is 10.7. The topological polar surface area (TPSA) is 79.6 Å². The SMILES string of the molecule is COC(=O)CCCCC[C@@H]1C[C@@H](COc2ccc(-c3ccc(C#N)cc3)cc2)N(CCCc2ccccc2)C1=O. The van der Waals surface area contributed by atoms with Gasteiger partial charge >= 0.3 is 5.97 Å². The number of benzene rings is 3. The molecule has 0 bridgehead atoms. The van der Waals surface area contributed by atoms with Gasteiger partial charge in [0, 0.05) is 18.9 Å². The molecule has 0 N–H and O–H groups in total. The average Bonchev–Trinajstić information content (AvgIpc) is 3.30. The lowest BCUT2D eigenvalue weighted by Crippen LogP contribution is -2.38. The van der Waals surface area contributed by atoms with Crippen LogP contribution in [0.15, 0.2) is 78.9 Å². The van der Waals surface area contributed by atoms with Gasteiger partial charge in [-0.2, -0.15) is 5.26 Å². The lowest BCUT2D eigenvalue weighted by atomic mass is 9.97. The number of methoxy groups -OCH3 is 1. The Hall–Kier alpha value is -4.11. The van der Waals surface area contributed by atoms with Crippen LogP contribution >= 0.6 is 0 Å². The second kappa shape index (κ2) is 14.9. The Morgan fingerprint density at radius 2 is 1.62 bits per heavy atom. The fraction of sp³-hybridized carbons (Fsp3) is 0.382. The van der Waals surface area contributed by atoms with Crippen LogP contribution in [0.3, 0.4) is 0 Å². The van der Waals surface area contributed by atoms with Crippen LogP contribution in [0.1, 0.15) is 56.1 Å². The van der Waals surface area contributed by atoms with Gasteiger partial charge in [0.25, 0.3) is 0 Å². The third kappa shape index (κ3) is 8.19. The molecule has 0 unspecified atom stereocenters. The summed E-state index contributed by atoms with van der Waals surface area (Å²) in [7, 11) is 1.41. The molecule has 208 valence electrons. The molecule has 0 radical (unpaired) electrons. The number of hydrogen-bond acceptors (Lipinski definition) is 5. The number of ether oxygens (including phenoxy) is 2. The van der Waals surface area contributed by atoms with Gasteiger partial charge in [-0.1, -0.05) is 67.4 Å². The van der Waals surface area contributed by atoms with Crippen molar-refractivity contribution in [1.29, 1.82) is 5.26 Å². The van der Waals surface area contributed by atoms with Gasteiger partial charge in [-0.05, 0) is 73.1 Å². The van der Waals surface area contributed by atoms with E-state index in [1.165, 1.54) is 12.7 Å². The summed E-state index contributed by atoms with van der Waals surface area (Å²) in [6.07, 6.45) is 6.55. The van der Waals surface area contributed by atoms with Crippen LogP contribution < -0.4 is 4.74 Å². The molecular weight excluding hydrogens is 500 g/mol. The zero-order valence-corrected chi connectivity index (χ0v) is 23.3. The number of rotatable bonds is 14. The fourth-order valence-electron chi connectivity index (χ4n) is 5.37. The third-order valence-electron chi connectivity index (χ3n) is 7.64. The molecule has 1 heterocycles. The monoisotopic (exact) mass is 538 g/mol. The number of amides is 1. The van der Waals surface area contributed by atoms with Crippen LogP contribution in [0.2, 0.25) is 0 Å². The molecule has 2 atom stereocenters. The second-order valence-electron chi connectivity index (χ2n) is 10.4. The van der Waals surface area contributed by atoms with Crippen LogP contribution in [0.25, 0.3) is 11.1 Å². The van der Waals surface area contributed by atoms with E-state index in [2.05, 4.69) is 30.3 Å². The summed E-state index contributed by atoms with van der Waals surface area (Å²) in [5, 5.41) is 9.02. The highest BCUT2D eigenvalue weighted by Gasteiger charge is 2.38. The predicted octanol–water partition coefficient (Wildman–Crippen LogP) is 6.58. The van der Waals surface area contributed by atoms with Crippen molar-refractivity contribution in [3.8, 4) is 22.9 Å². The van der Waals surface area contributed by atoms with Crippen molar-refractivity contribution in [2.75, 3.05) is 20.3 Å². The van der Waals surface area contributed by atoms with Crippen LogP contribution in [-0.2, 0) is 20.7 Å². The Bertz CT molecular complexity index is 1270. The molecule has 3 aromatic carbocycles. The van der Waals surface area contributed by atoms with E-state index in [4.69, 9.17) is 14.7 Å². The molecule has 6 heteroatoms. The maximum absolute atomic E-state index is 13.4. The lowest BCUT2D eigenvalue weighted by Gasteiger charge is -2.25. The Labute approximate surface area is 237 Å². The molecular formula is C34H38N2O4. The molecule has 0 aliphatic carbocycles. The maximum Gasteiger partial charge on any atom is 0.305 e. The molecule has 40 heavy (non-hydrogen) atoms. The highest BCUT2D eigenvalue weighted by molar-refractivity contribution is 5.81. The molecule has 1 saturated heterocycles. The van der Waals surface area contributed by atoms with Crippen LogP contribution in [0.5, 0.6) is 5.75 Å². The van der Waals surface area contributed by atoms with E-state index in [0.29, 0.717) is 18.6 Å². The first kappa shape index (κ1) is 28.9. The van der Waals surface area contributed by atoms with E-state index >= 15 is 0 Å². The highest BCUT2D eigenvalue weighted by Crippen LogP contribution is 2.31. The fourth-order valence-corrected chi connectivity index (χ4v) is 5.37. The van der Waals surface area contributed by atoms with Crippen molar-refractivity contribution in [3.63, 3.8) is 0 Å². The quantitative estimate of drug-likeness (QED) is 0.171. The molecule has 0 aromatic heterocycles. The molecule has 1 amide bonds. The molecule has 3 aromatic rings. The van der Waals surface area contributed by atoms with E-state index in [1.807, 2.05) is 59.5 Å². The minimum atomic E-state index is -0.177. The largest absolute Gasteiger partial charge is 0.491 e. The third-order valence-corrected chi connectivity index (χ3v) is 7.64. The molecule has 0 saturated carbocycles. The Morgan fingerprint density at radius 1 is 0.925 bits per heavy atom. The summed E-state index contributed by atoms with van der Waals surface area (Å²) in [5.74, 6) is 0.831. The minimum absolute atomic E-state index is 0.00205. The number of hydrogen-bond donors (Lipinski definition) is 0. The summed E-state index contributed by atoms with van der Waals surface area (Å²) in [4.78, 5) is 26.8. The smallest absolute Gasteiger partial charge is 0.305 e. The number of unbranched alkanes of at least 4 members (excludes halogenated alkanes) is 2. The number of carbonyl (C=O) groups excluding carboxylic acids is 2. The molecule has 4 rings (SSSR count). The van der Waals surface area contributed by atoms with E-state index in [1.54, 1.807) is 0 Å². The number of nitrogens with zero attached hydrogens (tertiary/aromatic N) is 2. The first-order chi connectivity index (χ1) is 19.6. The van der Waals surface area contributed by atoms with Gasteiger partial charge in [0.15, 0.2) is 0 Å². The molecule has 6 nitrogen and oxygen atoms in total. The Balaban J connectivity index is 1.33. The second-order valence-corrected chi connectivity index (χ2v) is 10.4. The average molecular weight is 539 g/mol. The molecule has 0 spiro atoms. The summed E-state index contributed by atoms with van der Waals surface area (Å²) < 4.78 is 10.9. The van der Waals surface area contributed by atoms with Gasteiger partial charge in [0.1, 0.15) is 12.4 Å². The number of likely N-dealkylation sites (tertiary alicyclic amines) is 1. The van der Waals surface area contributed by atoms with Crippen molar-refractivity contribution < 1.29 is 19.1 Å². The molecule has 1 aliphatic rings. The normalized spacial score (nSPS) is 16.5. The van der Waals surface area contributed by atoms with Crippen molar-refractivity contribution in [2.24, 2.45) is 5.92 Å². The van der Waals surface area contributed by atoms with Gasteiger partial charge in [0.05, 0.1) is 24.8 Å². The summed E-state index contributed by atoms with van der Waals surface area (Å²) >= 11 is 0. The van der Waals surface area contributed by atoms with E-state index in [-0.39, 0.29) is 23.8 Å². The summed E-state index contributed by atoms with van der Waals surface area (Å²) in [5.41, 5.74) is 4.03. The van der Waals surface area contributed by atoms with Gasteiger partial charge in [-0.3, -0.25) is 9.59 Å². The zero-order chi connectivity index (χ0) is 28.2. The number of esters is 1. The molecule has 1 fully saturated rings. The summed E-state index contributed by atoms with van der Waals surface area (Å²) in [6.45, 7) is 1.18. The maximum atomic E-state index is 13.4. The van der Waals surface area contributed by atoms with E-state index in [0.717, 1.165) is 68.4 Å². The van der Waals surface area contributed by atoms with E-state index < -0.39 is 0 Å². The van der Waals surface area contributed by atoms with Gasteiger partial charge < -0.3 is 14.4 Å². The standard InChI is InChI=1S/C34H38N2O4/c1-39-33(37)13-7-3-6-12-30-23-31(36(34(30)38)22-8-11-26-9-4-2-5-10-26)25-40-32-20-18-29(19-21-32)28-16-14-27(24-35)15-17-28/h2,4-5,9-10,14-21,30-31H,3,6-8,11-13,22-23,25H2,1H3/t30-,31+/m1/s1. The first-order valence-electron chi connectivity index (χ1n) is 14.2. The minimum Gasteiger partial charge on any atom is -0.491 e. The Morgan fingerprint density at radius 3 is 2.30 bits per heavy atom. The van der Waals surface area contributed by atoms with Crippen LogP contribution in [0, 0.1) is 17.2 Å². The highest BCUT2D eigenvalue weighted by atomic mass is 16.5. The number of nitriles is 1. The van der Waals surface area contributed by atoms with Crippen molar-refractivity contribution in [3.05, 3.63) is 90.0 Å². The number of aryl methyl sites for hydroxylation is 1. The van der Waals surface area contributed by atoms with Crippen molar-refractivity contribution in [1.82, 2.24) is 4.90 Å². The van der Waals surface area contributed by atoms with Crippen LogP contribution in [-0.4, -0.2) is 43.1 Å². The zero-order valence-electron chi connectivity index (χ0n) is 23.3. The van der Waals surface area contributed by atoms with Gasteiger partial charge in [0.2, 0.25) is 5.91 Å². The van der Waals surface area contributed by atoms with Gasteiger partial charge in [-0.25, -0.2) is 0 Å².